The molecule has 0 aromatic carbocycles. The van der Waals surface area contributed by atoms with E-state index in [1.165, 1.54) is 19.0 Å². The Kier molecular flexibility index (Phi) is 4.73. The normalized spacial score (nSPS) is 18.7. The van der Waals surface area contributed by atoms with E-state index in [9.17, 15) is 4.39 Å². The molecule has 2 aromatic heterocycles. The van der Waals surface area contributed by atoms with Crippen molar-refractivity contribution in [2.45, 2.75) is 38.1 Å². The van der Waals surface area contributed by atoms with Crippen LogP contribution < -0.4 is 10.2 Å². The molecular weight excluding hydrogens is 327 g/mol. The van der Waals surface area contributed by atoms with Crippen LogP contribution in [0.2, 0.25) is 0 Å². The molecule has 134 valence electrons. The molecule has 0 radical (unpaired) electrons. The van der Waals surface area contributed by atoms with Crippen molar-refractivity contribution in [3.63, 3.8) is 0 Å². The van der Waals surface area contributed by atoms with Crippen LogP contribution in [0.25, 0.3) is 0 Å². The molecule has 0 amide bonds. The molecule has 4 rings (SSSR count). The second-order valence-corrected chi connectivity index (χ2v) is 6.35. The minimum absolute atomic E-state index is 0.292. The first-order valence-electron chi connectivity index (χ1n) is 8.71. The van der Waals surface area contributed by atoms with Gasteiger partial charge in [-0.1, -0.05) is 18.0 Å². The molecule has 2 fully saturated rings. The first-order valence-corrected chi connectivity index (χ1v) is 8.71. The lowest BCUT2D eigenvalue weighted by atomic mass is 10.1. The Bertz CT molecular complexity index is 712. The van der Waals surface area contributed by atoms with Crippen molar-refractivity contribution in [1.82, 2.24) is 20.1 Å². The molecule has 2 aromatic rings. The van der Waals surface area contributed by atoms with Gasteiger partial charge in [0.15, 0.2) is 17.5 Å². The number of hydrogen-bond acceptors (Lipinski definition) is 8. The zero-order valence-electron chi connectivity index (χ0n) is 13.9. The fourth-order valence-corrected chi connectivity index (χ4v) is 3.28. The van der Waals surface area contributed by atoms with Gasteiger partial charge in [-0.15, -0.1) is 0 Å². The molecule has 0 unspecified atom stereocenters. The number of rotatable bonds is 5. The van der Waals surface area contributed by atoms with Crippen molar-refractivity contribution in [3.05, 3.63) is 23.7 Å². The van der Waals surface area contributed by atoms with Crippen molar-refractivity contribution in [2.24, 2.45) is 0 Å². The summed E-state index contributed by atoms with van der Waals surface area (Å²) in [6, 6.07) is 0. The van der Waals surface area contributed by atoms with Crippen molar-refractivity contribution in [1.29, 1.82) is 0 Å². The molecule has 1 aliphatic heterocycles. The fourth-order valence-electron chi connectivity index (χ4n) is 3.28. The summed E-state index contributed by atoms with van der Waals surface area (Å²) in [5.74, 6) is 1.86. The lowest BCUT2D eigenvalue weighted by molar-refractivity contribution is 0.122. The maximum atomic E-state index is 14.0. The van der Waals surface area contributed by atoms with Gasteiger partial charge in [0.25, 0.3) is 0 Å². The van der Waals surface area contributed by atoms with Gasteiger partial charge in [0.2, 0.25) is 11.8 Å². The predicted molar refractivity (Wildman–Crippen MR) is 87.9 cm³/mol. The Labute approximate surface area is 144 Å². The Morgan fingerprint density at radius 1 is 1.20 bits per heavy atom. The van der Waals surface area contributed by atoms with E-state index in [0.717, 1.165) is 12.8 Å². The molecule has 1 N–H and O–H groups in total. The standard InChI is InChI=1S/C16H21FN6O2/c17-12-9-18-16(21-14(12)23-5-7-24-8-6-23)19-10-13-20-15(25-22-13)11-3-1-2-4-11/h9,11H,1-8,10H2,(H,18,19,21). The Morgan fingerprint density at radius 2 is 2.00 bits per heavy atom. The van der Waals surface area contributed by atoms with Gasteiger partial charge < -0.3 is 19.5 Å². The summed E-state index contributed by atoms with van der Waals surface area (Å²) in [4.78, 5) is 14.6. The maximum Gasteiger partial charge on any atom is 0.229 e. The molecular formula is C16H21FN6O2. The number of nitrogens with one attached hydrogen (secondary N) is 1. The van der Waals surface area contributed by atoms with Gasteiger partial charge in [-0.2, -0.15) is 9.97 Å². The second-order valence-electron chi connectivity index (χ2n) is 6.35. The van der Waals surface area contributed by atoms with E-state index in [0.29, 0.717) is 62.2 Å². The molecule has 0 spiro atoms. The summed E-state index contributed by atoms with van der Waals surface area (Å²) in [6.07, 6.45) is 5.83. The minimum atomic E-state index is -0.435. The molecule has 0 bridgehead atoms. The summed E-state index contributed by atoms with van der Waals surface area (Å²) in [6.45, 7) is 2.70. The number of nitrogens with zero attached hydrogens (tertiary/aromatic N) is 5. The molecule has 3 heterocycles. The van der Waals surface area contributed by atoms with Crippen LogP contribution in [0.3, 0.4) is 0 Å². The number of aromatic nitrogens is 4. The third-order valence-corrected chi connectivity index (χ3v) is 4.63. The fraction of sp³-hybridized carbons (Fsp3) is 0.625. The third kappa shape index (κ3) is 3.71. The topological polar surface area (TPSA) is 89.2 Å². The zero-order valence-corrected chi connectivity index (χ0v) is 13.9. The highest BCUT2D eigenvalue weighted by Gasteiger charge is 2.23. The molecule has 2 aliphatic rings. The van der Waals surface area contributed by atoms with E-state index in [1.54, 1.807) is 0 Å². The van der Waals surface area contributed by atoms with E-state index in [-0.39, 0.29) is 0 Å². The number of hydrogen-bond donors (Lipinski definition) is 1. The lowest BCUT2D eigenvalue weighted by Gasteiger charge is -2.28. The summed E-state index contributed by atoms with van der Waals surface area (Å²) in [5.41, 5.74) is 0. The van der Waals surface area contributed by atoms with Crippen molar-refractivity contribution in [2.75, 3.05) is 36.5 Å². The SMILES string of the molecule is Fc1cnc(NCc2noc(C3CCCC3)n2)nc1N1CCOCC1. The van der Waals surface area contributed by atoms with E-state index >= 15 is 0 Å². The average Bonchev–Trinajstić information content (AvgIpc) is 3.33. The monoisotopic (exact) mass is 348 g/mol. The lowest BCUT2D eigenvalue weighted by Crippen LogP contribution is -2.37. The summed E-state index contributed by atoms with van der Waals surface area (Å²) < 4.78 is 24.7. The van der Waals surface area contributed by atoms with Crippen molar-refractivity contribution >= 4 is 11.8 Å². The predicted octanol–water partition coefficient (Wildman–Crippen LogP) is 2.10. The van der Waals surface area contributed by atoms with Gasteiger partial charge in [-0.3, -0.25) is 0 Å². The quantitative estimate of drug-likeness (QED) is 0.879. The molecule has 0 atom stereocenters. The number of morpholine rings is 1. The van der Waals surface area contributed by atoms with Crippen LogP contribution >= 0.6 is 0 Å². The van der Waals surface area contributed by atoms with E-state index < -0.39 is 5.82 Å². The Balaban J connectivity index is 1.40. The summed E-state index contributed by atoms with van der Waals surface area (Å²) in [7, 11) is 0. The highest BCUT2D eigenvalue weighted by Crippen LogP contribution is 2.32. The van der Waals surface area contributed by atoms with Crippen LogP contribution in [0.1, 0.15) is 43.3 Å². The van der Waals surface area contributed by atoms with Crippen LogP contribution in [0, 0.1) is 5.82 Å². The second kappa shape index (κ2) is 7.30. The largest absolute Gasteiger partial charge is 0.378 e. The zero-order chi connectivity index (χ0) is 17.1. The number of anilines is 2. The van der Waals surface area contributed by atoms with Crippen molar-refractivity contribution in [3.8, 4) is 0 Å². The van der Waals surface area contributed by atoms with Crippen LogP contribution in [-0.2, 0) is 11.3 Å². The molecule has 1 aliphatic carbocycles. The van der Waals surface area contributed by atoms with E-state index in [2.05, 4.69) is 25.4 Å². The Morgan fingerprint density at radius 3 is 2.80 bits per heavy atom. The van der Waals surface area contributed by atoms with Crippen LogP contribution in [0.15, 0.2) is 10.7 Å². The van der Waals surface area contributed by atoms with Gasteiger partial charge in [0.05, 0.1) is 26.0 Å². The average molecular weight is 348 g/mol. The summed E-state index contributed by atoms with van der Waals surface area (Å²) in [5, 5.41) is 7.04. The van der Waals surface area contributed by atoms with E-state index in [1.807, 2.05) is 4.90 Å². The Hall–Kier alpha value is -2.29. The highest BCUT2D eigenvalue weighted by atomic mass is 19.1. The van der Waals surface area contributed by atoms with Crippen LogP contribution in [0.4, 0.5) is 16.2 Å². The van der Waals surface area contributed by atoms with Gasteiger partial charge in [0.1, 0.15) is 0 Å². The molecule has 9 heteroatoms. The van der Waals surface area contributed by atoms with Gasteiger partial charge in [-0.25, -0.2) is 9.37 Å². The van der Waals surface area contributed by atoms with Gasteiger partial charge in [-0.05, 0) is 12.8 Å². The first-order chi connectivity index (χ1) is 12.3. The third-order valence-electron chi connectivity index (χ3n) is 4.63. The minimum Gasteiger partial charge on any atom is -0.378 e. The molecule has 8 nitrogen and oxygen atoms in total. The van der Waals surface area contributed by atoms with Gasteiger partial charge >= 0.3 is 0 Å². The highest BCUT2D eigenvalue weighted by molar-refractivity contribution is 5.44. The molecule has 1 saturated heterocycles. The summed E-state index contributed by atoms with van der Waals surface area (Å²) >= 11 is 0. The molecule has 25 heavy (non-hydrogen) atoms. The smallest absolute Gasteiger partial charge is 0.229 e. The van der Waals surface area contributed by atoms with Crippen LogP contribution in [0.5, 0.6) is 0 Å². The first kappa shape index (κ1) is 16.2. The number of halogens is 1. The van der Waals surface area contributed by atoms with Crippen molar-refractivity contribution < 1.29 is 13.7 Å². The van der Waals surface area contributed by atoms with Gasteiger partial charge in [0, 0.05) is 19.0 Å². The van der Waals surface area contributed by atoms with Crippen LogP contribution in [-0.4, -0.2) is 46.4 Å². The maximum absolute atomic E-state index is 14.0. The molecule has 1 saturated carbocycles. The number of ether oxygens (including phenoxy) is 1. The van der Waals surface area contributed by atoms with E-state index in [4.69, 9.17) is 9.26 Å².